The Kier molecular flexibility index (Phi) is 1.44. The molecule has 11 heavy (non-hydrogen) atoms. The van der Waals surface area contributed by atoms with Crippen molar-refractivity contribution < 1.29 is 14.4 Å². The summed E-state index contributed by atoms with van der Waals surface area (Å²) >= 11 is 0. The molecule has 3 amide bonds. The molecule has 1 aliphatic rings. The molecule has 0 unspecified atom stereocenters. The minimum atomic E-state index is -1.32. The number of hydrogen-bond donors (Lipinski definition) is 1. The van der Waals surface area contributed by atoms with E-state index in [1.165, 1.54) is 14.0 Å². The maximum atomic E-state index is 10.9. The van der Waals surface area contributed by atoms with Crippen LogP contribution in [0.2, 0.25) is 0 Å². The highest BCUT2D eigenvalue weighted by Crippen LogP contribution is 2.15. The van der Waals surface area contributed by atoms with E-state index in [1.807, 2.05) is 5.32 Å². The number of carbonyl (C=O) groups is 3. The second-order valence-corrected chi connectivity index (χ2v) is 2.58. The fraction of sp³-hybridized carbons (Fsp3) is 0.500. The van der Waals surface area contributed by atoms with Crippen LogP contribution in [-0.2, 0) is 9.59 Å². The van der Waals surface area contributed by atoms with Crippen LogP contribution in [0.1, 0.15) is 6.92 Å². The second-order valence-electron chi connectivity index (χ2n) is 2.58. The highest BCUT2D eigenvalue weighted by molar-refractivity contribution is 6.14. The average Bonchev–Trinajstić information content (AvgIpc) is 2.16. The molecular formula is C6H8N2O3. The normalized spacial score (nSPS) is 30.5. The Labute approximate surface area is 63.4 Å². The van der Waals surface area contributed by atoms with Crippen molar-refractivity contribution in [1.29, 1.82) is 0 Å². The van der Waals surface area contributed by atoms with Crippen LogP contribution in [0.25, 0.3) is 0 Å². The lowest BCUT2D eigenvalue weighted by atomic mass is 10.1. The third kappa shape index (κ3) is 0.806. The van der Waals surface area contributed by atoms with Gasteiger partial charge in [0, 0.05) is 7.05 Å². The zero-order valence-corrected chi connectivity index (χ0v) is 6.25. The van der Waals surface area contributed by atoms with E-state index in [0.29, 0.717) is 6.29 Å². The molecule has 1 N–H and O–H groups in total. The molecule has 0 aromatic heterocycles. The second kappa shape index (κ2) is 2.05. The van der Waals surface area contributed by atoms with Gasteiger partial charge in [0.05, 0.1) is 0 Å². The third-order valence-corrected chi connectivity index (χ3v) is 1.91. The summed E-state index contributed by atoms with van der Waals surface area (Å²) in [6, 6.07) is -0.537. The van der Waals surface area contributed by atoms with Gasteiger partial charge in [0.1, 0.15) is 0 Å². The number of aldehydes is 1. The van der Waals surface area contributed by atoms with Gasteiger partial charge in [-0.3, -0.25) is 10.1 Å². The molecule has 1 aliphatic heterocycles. The Balaban J connectivity index is 3.05. The first kappa shape index (κ1) is 7.71. The first-order valence-corrected chi connectivity index (χ1v) is 3.08. The van der Waals surface area contributed by atoms with Crippen LogP contribution >= 0.6 is 0 Å². The van der Waals surface area contributed by atoms with E-state index in [4.69, 9.17) is 0 Å². The fourth-order valence-corrected chi connectivity index (χ4v) is 0.803. The molecule has 1 heterocycles. The first-order valence-electron chi connectivity index (χ1n) is 3.08. The minimum Gasteiger partial charge on any atom is -0.307 e. The number of hydrogen-bond acceptors (Lipinski definition) is 3. The number of nitrogens with one attached hydrogen (secondary N) is 1. The lowest BCUT2D eigenvalue weighted by Gasteiger charge is -2.20. The van der Waals surface area contributed by atoms with Crippen LogP contribution in [0.5, 0.6) is 0 Å². The smallest absolute Gasteiger partial charge is 0.307 e. The van der Waals surface area contributed by atoms with Gasteiger partial charge in [-0.05, 0) is 6.92 Å². The predicted molar refractivity (Wildman–Crippen MR) is 35.8 cm³/mol. The average molecular weight is 156 g/mol. The standard InChI is InChI=1S/C6H8N2O3/c1-6(3-9)4(10)7-5(11)8(6)2/h3H,1-2H3,(H,7,10,11)/t6-/m0/s1. The van der Waals surface area contributed by atoms with E-state index >= 15 is 0 Å². The van der Waals surface area contributed by atoms with E-state index in [1.54, 1.807) is 0 Å². The summed E-state index contributed by atoms with van der Waals surface area (Å²) in [5, 5.41) is 2.02. The Morgan fingerprint density at radius 2 is 2.09 bits per heavy atom. The molecule has 0 spiro atoms. The predicted octanol–water partition coefficient (Wildman–Crippen LogP) is -0.874. The number of carbonyl (C=O) groups excluding carboxylic acids is 3. The summed E-state index contributed by atoms with van der Waals surface area (Å²) in [5.41, 5.74) is -1.32. The van der Waals surface area contributed by atoms with Gasteiger partial charge in [0.15, 0.2) is 11.8 Å². The number of amides is 3. The van der Waals surface area contributed by atoms with Crippen LogP contribution in [-0.4, -0.2) is 35.7 Å². The lowest BCUT2D eigenvalue weighted by molar-refractivity contribution is -0.131. The summed E-state index contributed by atoms with van der Waals surface area (Å²) in [4.78, 5) is 33.2. The topological polar surface area (TPSA) is 66.5 Å². The van der Waals surface area contributed by atoms with Gasteiger partial charge < -0.3 is 9.69 Å². The highest BCUT2D eigenvalue weighted by atomic mass is 16.2. The van der Waals surface area contributed by atoms with Gasteiger partial charge in [0.25, 0.3) is 5.91 Å². The van der Waals surface area contributed by atoms with Gasteiger partial charge in [0.2, 0.25) is 0 Å². The molecule has 60 valence electrons. The van der Waals surface area contributed by atoms with Crippen molar-refractivity contribution in [2.24, 2.45) is 0 Å². The largest absolute Gasteiger partial charge is 0.325 e. The van der Waals surface area contributed by atoms with E-state index in [-0.39, 0.29) is 0 Å². The van der Waals surface area contributed by atoms with Crippen molar-refractivity contribution in [2.45, 2.75) is 12.5 Å². The highest BCUT2D eigenvalue weighted by Gasteiger charge is 2.47. The lowest BCUT2D eigenvalue weighted by Crippen LogP contribution is -2.46. The molecule has 0 aliphatic carbocycles. The van der Waals surface area contributed by atoms with Gasteiger partial charge in [-0.2, -0.15) is 0 Å². The molecule has 0 saturated carbocycles. The number of imide groups is 1. The van der Waals surface area contributed by atoms with Crippen molar-refractivity contribution in [1.82, 2.24) is 10.2 Å². The van der Waals surface area contributed by atoms with E-state index in [9.17, 15) is 14.4 Å². The maximum Gasteiger partial charge on any atom is 0.325 e. The van der Waals surface area contributed by atoms with E-state index in [2.05, 4.69) is 0 Å². The van der Waals surface area contributed by atoms with Crippen molar-refractivity contribution in [3.63, 3.8) is 0 Å². The molecule has 5 heteroatoms. The summed E-state index contributed by atoms with van der Waals surface area (Å²) in [5.74, 6) is -0.569. The first-order chi connectivity index (χ1) is 5.02. The molecule has 1 fully saturated rings. The third-order valence-electron chi connectivity index (χ3n) is 1.91. The molecule has 5 nitrogen and oxygen atoms in total. The monoisotopic (exact) mass is 156 g/mol. The summed E-state index contributed by atoms with van der Waals surface area (Å²) in [6.07, 6.45) is 0.452. The van der Waals surface area contributed by atoms with Crippen LogP contribution in [0.3, 0.4) is 0 Å². The fourth-order valence-electron chi connectivity index (χ4n) is 0.803. The Hall–Kier alpha value is -1.39. The molecule has 0 radical (unpaired) electrons. The maximum absolute atomic E-state index is 10.9. The molecular weight excluding hydrogens is 148 g/mol. The molecule has 1 atom stereocenters. The Morgan fingerprint density at radius 1 is 1.55 bits per heavy atom. The van der Waals surface area contributed by atoms with E-state index < -0.39 is 17.5 Å². The van der Waals surface area contributed by atoms with Gasteiger partial charge in [-0.15, -0.1) is 0 Å². The number of urea groups is 1. The SMILES string of the molecule is CN1C(=O)NC(=O)[C@]1(C)C=O. The zero-order valence-electron chi connectivity index (χ0n) is 6.25. The molecule has 0 aromatic rings. The van der Waals surface area contributed by atoms with Crippen LogP contribution in [0.15, 0.2) is 0 Å². The van der Waals surface area contributed by atoms with Crippen LogP contribution < -0.4 is 5.32 Å². The van der Waals surface area contributed by atoms with Crippen molar-refractivity contribution >= 4 is 18.2 Å². The van der Waals surface area contributed by atoms with Crippen molar-refractivity contribution in [2.75, 3.05) is 7.05 Å². The number of likely N-dealkylation sites (N-methyl/N-ethyl adjacent to an activating group) is 1. The Bertz CT molecular complexity index is 238. The van der Waals surface area contributed by atoms with Crippen LogP contribution in [0, 0.1) is 0 Å². The molecule has 0 aromatic carbocycles. The summed E-state index contributed by atoms with van der Waals surface area (Å²) in [6.45, 7) is 1.39. The van der Waals surface area contributed by atoms with E-state index in [0.717, 1.165) is 4.90 Å². The molecule has 0 bridgehead atoms. The summed E-state index contributed by atoms with van der Waals surface area (Å²) < 4.78 is 0. The minimum absolute atomic E-state index is 0.452. The molecule has 1 saturated heterocycles. The van der Waals surface area contributed by atoms with Gasteiger partial charge in [-0.25, -0.2) is 4.79 Å². The zero-order chi connectivity index (χ0) is 8.65. The molecule has 1 rings (SSSR count). The number of nitrogens with zero attached hydrogens (tertiary/aromatic N) is 1. The Morgan fingerprint density at radius 3 is 2.27 bits per heavy atom. The number of rotatable bonds is 1. The van der Waals surface area contributed by atoms with Crippen LogP contribution in [0.4, 0.5) is 4.79 Å². The summed E-state index contributed by atoms with van der Waals surface area (Å²) in [7, 11) is 1.40. The quantitative estimate of drug-likeness (QED) is 0.305. The van der Waals surface area contributed by atoms with Crippen molar-refractivity contribution in [3.05, 3.63) is 0 Å². The van der Waals surface area contributed by atoms with Gasteiger partial charge >= 0.3 is 6.03 Å². The van der Waals surface area contributed by atoms with Crippen molar-refractivity contribution in [3.8, 4) is 0 Å². The van der Waals surface area contributed by atoms with Gasteiger partial charge in [-0.1, -0.05) is 0 Å².